The summed E-state index contributed by atoms with van der Waals surface area (Å²) in [4.78, 5) is 23.6. The van der Waals surface area contributed by atoms with Gasteiger partial charge in [-0.3, -0.25) is 4.31 Å². The van der Waals surface area contributed by atoms with Gasteiger partial charge in [-0.05, 0) is 55.3 Å². The van der Waals surface area contributed by atoms with E-state index in [2.05, 4.69) is 4.74 Å². The quantitative estimate of drug-likeness (QED) is 0.640. The van der Waals surface area contributed by atoms with E-state index in [1.54, 1.807) is 6.92 Å². The van der Waals surface area contributed by atoms with Crippen molar-refractivity contribution in [3.8, 4) is 0 Å². The first-order valence-electron chi connectivity index (χ1n) is 8.92. The molecular formula is C19H20N2O8S2. The molecule has 0 aliphatic carbocycles. The molecule has 0 bridgehead atoms. The van der Waals surface area contributed by atoms with Crippen molar-refractivity contribution in [2.75, 3.05) is 18.5 Å². The highest BCUT2D eigenvalue weighted by Crippen LogP contribution is 2.38. The number of esters is 2. The summed E-state index contributed by atoms with van der Waals surface area (Å²) in [6.07, 6.45) is 0.224. The van der Waals surface area contributed by atoms with Crippen LogP contribution in [0.15, 0.2) is 46.2 Å². The molecular weight excluding hydrogens is 448 g/mol. The van der Waals surface area contributed by atoms with Gasteiger partial charge in [0.2, 0.25) is 10.0 Å². The van der Waals surface area contributed by atoms with E-state index >= 15 is 0 Å². The number of benzene rings is 2. The molecule has 1 unspecified atom stereocenters. The molecule has 0 saturated heterocycles. The molecule has 2 aromatic carbocycles. The molecule has 1 heterocycles. The minimum absolute atomic E-state index is 0.0645. The summed E-state index contributed by atoms with van der Waals surface area (Å²) in [6, 6.07) is 6.77. The lowest BCUT2D eigenvalue weighted by Gasteiger charge is -2.25. The molecule has 31 heavy (non-hydrogen) atoms. The monoisotopic (exact) mass is 468 g/mol. The van der Waals surface area contributed by atoms with Crippen molar-refractivity contribution in [3.05, 3.63) is 53.1 Å². The lowest BCUT2D eigenvalue weighted by atomic mass is 10.1. The fraction of sp³-hybridized carbons (Fsp3) is 0.263. The van der Waals surface area contributed by atoms with Crippen LogP contribution in [0.5, 0.6) is 0 Å². The van der Waals surface area contributed by atoms with Gasteiger partial charge in [-0.15, -0.1) is 0 Å². The largest absolute Gasteiger partial charge is 0.465 e. The number of hydrogen-bond donors (Lipinski definition) is 1. The van der Waals surface area contributed by atoms with Gasteiger partial charge in [-0.25, -0.2) is 31.6 Å². The minimum Gasteiger partial charge on any atom is -0.465 e. The van der Waals surface area contributed by atoms with Crippen LogP contribution in [0, 0.1) is 0 Å². The topological polar surface area (TPSA) is 150 Å². The van der Waals surface area contributed by atoms with Crippen LogP contribution in [0.1, 0.15) is 33.2 Å². The Bertz CT molecular complexity index is 1290. The van der Waals surface area contributed by atoms with Crippen LogP contribution in [0.25, 0.3) is 0 Å². The fourth-order valence-electron chi connectivity index (χ4n) is 3.49. The predicted molar refractivity (Wildman–Crippen MR) is 110 cm³/mol. The summed E-state index contributed by atoms with van der Waals surface area (Å²) in [5.41, 5.74) is 0.396. The van der Waals surface area contributed by atoms with Gasteiger partial charge in [-0.1, -0.05) is 0 Å². The van der Waals surface area contributed by atoms with Crippen molar-refractivity contribution in [2.24, 2.45) is 5.14 Å². The molecule has 12 heteroatoms. The molecule has 0 amide bonds. The second-order valence-electron chi connectivity index (χ2n) is 6.88. The summed E-state index contributed by atoms with van der Waals surface area (Å²) < 4.78 is 60.9. The highest BCUT2D eigenvalue weighted by Gasteiger charge is 2.39. The average molecular weight is 469 g/mol. The Balaban J connectivity index is 2.21. The summed E-state index contributed by atoms with van der Waals surface area (Å²) >= 11 is 0. The van der Waals surface area contributed by atoms with Gasteiger partial charge in [0.1, 0.15) is 4.90 Å². The summed E-state index contributed by atoms with van der Waals surface area (Å²) in [5, 5.41) is 5.17. The van der Waals surface area contributed by atoms with Gasteiger partial charge in [0.15, 0.2) is 0 Å². The van der Waals surface area contributed by atoms with Gasteiger partial charge in [0.05, 0.1) is 35.9 Å². The molecule has 3 rings (SSSR count). The number of ether oxygens (including phenoxy) is 2. The fourth-order valence-corrected chi connectivity index (χ4v) is 5.95. The molecule has 0 aromatic heterocycles. The van der Waals surface area contributed by atoms with Crippen molar-refractivity contribution >= 4 is 37.7 Å². The number of hydrogen-bond acceptors (Lipinski definition) is 8. The highest BCUT2D eigenvalue weighted by atomic mass is 32.2. The number of sulfonamides is 2. The van der Waals surface area contributed by atoms with Gasteiger partial charge < -0.3 is 9.47 Å². The lowest BCUT2D eigenvalue weighted by Crippen LogP contribution is -2.36. The lowest BCUT2D eigenvalue weighted by molar-refractivity contribution is 0.0583. The van der Waals surface area contributed by atoms with E-state index in [0.717, 1.165) is 24.6 Å². The van der Waals surface area contributed by atoms with E-state index in [9.17, 15) is 26.4 Å². The molecule has 0 saturated carbocycles. The number of fused-ring (bicyclic) bond motifs is 1. The van der Waals surface area contributed by atoms with Crippen LogP contribution >= 0.6 is 0 Å². The second kappa shape index (κ2) is 7.94. The Kier molecular flexibility index (Phi) is 5.82. The zero-order chi connectivity index (χ0) is 23.1. The first-order chi connectivity index (χ1) is 14.4. The molecule has 166 valence electrons. The second-order valence-corrected chi connectivity index (χ2v) is 10.2. The minimum atomic E-state index is -4.36. The van der Waals surface area contributed by atoms with E-state index in [-0.39, 0.29) is 28.1 Å². The van der Waals surface area contributed by atoms with Crippen molar-refractivity contribution < 1.29 is 35.9 Å². The van der Waals surface area contributed by atoms with Gasteiger partial charge in [-0.2, -0.15) is 0 Å². The van der Waals surface area contributed by atoms with Crippen molar-refractivity contribution in [1.29, 1.82) is 0 Å². The maximum Gasteiger partial charge on any atom is 0.339 e. The summed E-state index contributed by atoms with van der Waals surface area (Å²) in [6.45, 7) is 1.64. The Morgan fingerprint density at radius 1 is 1.00 bits per heavy atom. The van der Waals surface area contributed by atoms with Crippen molar-refractivity contribution in [2.45, 2.75) is 29.2 Å². The van der Waals surface area contributed by atoms with Crippen LogP contribution in [-0.4, -0.2) is 49.0 Å². The van der Waals surface area contributed by atoms with E-state index in [4.69, 9.17) is 9.88 Å². The average Bonchev–Trinajstić information content (AvgIpc) is 3.07. The Morgan fingerprint density at radius 3 is 2.23 bits per heavy atom. The van der Waals surface area contributed by atoms with E-state index in [1.807, 2.05) is 0 Å². The number of rotatable bonds is 5. The van der Waals surface area contributed by atoms with E-state index in [0.29, 0.717) is 5.56 Å². The first-order valence-corrected chi connectivity index (χ1v) is 11.9. The zero-order valence-corrected chi connectivity index (χ0v) is 18.5. The number of carbonyl (C=O) groups excluding carboxylic acids is 2. The van der Waals surface area contributed by atoms with E-state index in [1.165, 1.54) is 30.3 Å². The molecule has 0 radical (unpaired) electrons. The SMILES string of the molecule is COC(=O)c1ccc(C(=O)OC)c(S(=O)(=O)N2c3ccc(S(N)(=O)=O)cc3CC2C)c1. The first kappa shape index (κ1) is 22.7. The maximum absolute atomic E-state index is 13.6. The molecule has 10 nitrogen and oxygen atoms in total. The van der Waals surface area contributed by atoms with Gasteiger partial charge in [0, 0.05) is 6.04 Å². The third-order valence-corrected chi connectivity index (χ3v) is 7.76. The van der Waals surface area contributed by atoms with Crippen LogP contribution in [0.3, 0.4) is 0 Å². The van der Waals surface area contributed by atoms with Crippen LogP contribution in [0.4, 0.5) is 5.69 Å². The number of nitrogens with two attached hydrogens (primary N) is 1. The Hall–Kier alpha value is -2.96. The number of primary sulfonamides is 1. The molecule has 2 N–H and O–H groups in total. The van der Waals surface area contributed by atoms with Crippen molar-refractivity contribution in [1.82, 2.24) is 0 Å². The predicted octanol–water partition coefficient (Wildman–Crippen LogP) is 1.05. The number of carbonyl (C=O) groups is 2. The Labute approximate surface area is 179 Å². The zero-order valence-electron chi connectivity index (χ0n) is 16.9. The van der Waals surface area contributed by atoms with Crippen LogP contribution in [0.2, 0.25) is 0 Å². The molecule has 0 spiro atoms. The normalized spacial score (nSPS) is 16.0. The number of nitrogens with zero attached hydrogens (tertiary/aromatic N) is 1. The molecule has 0 fully saturated rings. The molecule has 1 aliphatic heterocycles. The summed E-state index contributed by atoms with van der Waals surface area (Å²) in [7, 11) is -6.07. The van der Waals surface area contributed by atoms with Crippen LogP contribution < -0.4 is 9.44 Å². The Morgan fingerprint density at radius 2 is 1.65 bits per heavy atom. The standard InChI is InChI=1S/C19H20N2O8S2/c1-11-8-13-9-14(30(20,24)25)5-7-16(13)21(11)31(26,27)17-10-12(18(22)28-2)4-6-15(17)19(23)29-3/h4-7,9-11H,8H2,1-3H3,(H2,20,24,25). The third kappa shape index (κ3) is 4.01. The molecule has 1 aliphatic rings. The van der Waals surface area contributed by atoms with Crippen molar-refractivity contribution in [3.63, 3.8) is 0 Å². The maximum atomic E-state index is 13.6. The van der Waals surface area contributed by atoms with Crippen LogP contribution in [-0.2, 0) is 35.9 Å². The van der Waals surface area contributed by atoms with Gasteiger partial charge >= 0.3 is 11.9 Å². The number of methoxy groups -OCH3 is 2. The smallest absolute Gasteiger partial charge is 0.339 e. The number of anilines is 1. The van der Waals surface area contributed by atoms with E-state index < -0.39 is 42.9 Å². The molecule has 2 aromatic rings. The van der Waals surface area contributed by atoms with Gasteiger partial charge in [0.25, 0.3) is 10.0 Å². The molecule has 1 atom stereocenters. The summed E-state index contributed by atoms with van der Waals surface area (Å²) in [5.74, 6) is -1.67. The third-order valence-electron chi connectivity index (χ3n) is 4.88. The highest BCUT2D eigenvalue weighted by molar-refractivity contribution is 7.93.